The number of nitrogens with zero attached hydrogens (tertiary/aromatic N) is 2. The number of rotatable bonds is 4. The van der Waals surface area contributed by atoms with Gasteiger partial charge in [0.25, 0.3) is 5.56 Å². The van der Waals surface area contributed by atoms with E-state index in [-0.39, 0.29) is 12.1 Å². The molecule has 8 nitrogen and oxygen atoms in total. The molecule has 0 radical (unpaired) electrons. The van der Waals surface area contributed by atoms with E-state index in [1.54, 1.807) is 23.1 Å². The van der Waals surface area contributed by atoms with Gasteiger partial charge in [0.2, 0.25) is 0 Å². The van der Waals surface area contributed by atoms with Gasteiger partial charge in [0, 0.05) is 46.9 Å². The number of para-hydroxylation sites is 1. The summed E-state index contributed by atoms with van der Waals surface area (Å²) in [6.45, 7) is 0.417. The van der Waals surface area contributed by atoms with E-state index in [4.69, 9.17) is 10.5 Å². The number of H-pyrrole nitrogens is 1. The first-order chi connectivity index (χ1) is 16.9. The molecule has 4 N–H and O–H groups in total. The summed E-state index contributed by atoms with van der Waals surface area (Å²) >= 11 is 0. The molecule has 0 aliphatic carbocycles. The summed E-state index contributed by atoms with van der Waals surface area (Å²) in [5, 5.41) is 11.2. The van der Waals surface area contributed by atoms with E-state index in [0.29, 0.717) is 46.9 Å². The van der Waals surface area contributed by atoms with Crippen molar-refractivity contribution in [2.75, 3.05) is 17.2 Å². The van der Waals surface area contributed by atoms with Crippen LogP contribution in [0.5, 0.6) is 5.75 Å². The summed E-state index contributed by atoms with van der Waals surface area (Å²) < 4.78 is 21.0. The Hall–Kier alpha value is -4.40. The average Bonchev–Trinajstić information content (AvgIpc) is 3.43. The minimum atomic E-state index is -1.17. The molecule has 0 fully saturated rings. The number of aromatic amines is 1. The quantitative estimate of drug-likeness (QED) is 0.417. The van der Waals surface area contributed by atoms with Crippen molar-refractivity contribution in [3.05, 3.63) is 93.2 Å². The third kappa shape index (κ3) is 3.23. The lowest BCUT2D eigenvalue weighted by atomic mass is 9.87. The van der Waals surface area contributed by atoms with Gasteiger partial charge in [0.1, 0.15) is 23.4 Å². The molecule has 2 aromatic heterocycles. The van der Waals surface area contributed by atoms with Gasteiger partial charge in [-0.25, -0.2) is 14.2 Å². The fourth-order valence-electron chi connectivity index (χ4n) is 5.40. The number of benzene rings is 2. The molecule has 2 unspecified atom stereocenters. The minimum Gasteiger partial charge on any atom is -0.492 e. The van der Waals surface area contributed by atoms with Gasteiger partial charge >= 0.3 is 5.97 Å². The maximum Gasteiger partial charge on any atom is 0.327 e. The molecule has 9 heteroatoms. The number of nitrogens with two attached hydrogens (primary N) is 1. The molecule has 6 rings (SSSR count). The molecule has 0 amide bonds. The molecule has 2 aliphatic rings. The number of nitrogens with one attached hydrogen (secondary N) is 1. The number of hydrogen-bond donors (Lipinski definition) is 3. The Morgan fingerprint density at radius 1 is 1.26 bits per heavy atom. The van der Waals surface area contributed by atoms with E-state index in [9.17, 15) is 14.7 Å². The Bertz CT molecular complexity index is 1570. The molecule has 0 saturated carbocycles. The summed E-state index contributed by atoms with van der Waals surface area (Å²) in [6.07, 6.45) is 1.88. The van der Waals surface area contributed by atoms with Crippen molar-refractivity contribution in [2.24, 2.45) is 0 Å². The maximum absolute atomic E-state index is 15.2. The molecule has 4 heterocycles. The second kappa shape index (κ2) is 7.83. The number of fused-ring (bicyclic) bond motifs is 4. The summed E-state index contributed by atoms with van der Waals surface area (Å²) in [5.41, 5.74) is 8.68. The minimum absolute atomic E-state index is 0.122. The van der Waals surface area contributed by atoms with Crippen molar-refractivity contribution in [3.8, 4) is 5.75 Å². The zero-order valence-electron chi connectivity index (χ0n) is 18.5. The molecule has 176 valence electrons. The van der Waals surface area contributed by atoms with E-state index in [1.165, 1.54) is 12.3 Å². The first kappa shape index (κ1) is 21.2. The van der Waals surface area contributed by atoms with Gasteiger partial charge in [-0.2, -0.15) is 0 Å². The van der Waals surface area contributed by atoms with Crippen LogP contribution in [0, 0.1) is 5.82 Å². The number of aromatic nitrogens is 2. The standard InChI is InChI=1S/C26H21FN4O4/c27-17-11-19-22(24-15(17)7-9-35-24)21(16-5-3-8-29-25(16)32)23(26(33)34)31(19)12-13-10-20(28)30-18-6-2-1-4-14(13)18/h1-6,8,10-11,21,23H,7,9,12H2,(H2,28,30)(H,29,32)(H,33,34). The van der Waals surface area contributed by atoms with Gasteiger partial charge < -0.3 is 25.5 Å². The highest BCUT2D eigenvalue weighted by atomic mass is 19.1. The largest absolute Gasteiger partial charge is 0.492 e. The van der Waals surface area contributed by atoms with Crippen LogP contribution >= 0.6 is 0 Å². The number of carbonyl (C=O) groups is 1. The normalized spacial score (nSPS) is 18.4. The van der Waals surface area contributed by atoms with Crippen LogP contribution in [0.15, 0.2) is 59.5 Å². The first-order valence-electron chi connectivity index (χ1n) is 11.2. The van der Waals surface area contributed by atoms with E-state index < -0.39 is 29.3 Å². The Labute approximate surface area is 198 Å². The number of hydrogen-bond acceptors (Lipinski definition) is 6. The van der Waals surface area contributed by atoms with Gasteiger partial charge in [0.15, 0.2) is 0 Å². The van der Waals surface area contributed by atoms with E-state index >= 15 is 4.39 Å². The highest BCUT2D eigenvalue weighted by molar-refractivity contribution is 5.89. The Morgan fingerprint density at radius 3 is 2.89 bits per heavy atom. The van der Waals surface area contributed by atoms with Crippen molar-refractivity contribution in [3.63, 3.8) is 0 Å². The summed E-state index contributed by atoms with van der Waals surface area (Å²) in [6, 6.07) is 12.6. The second-order valence-electron chi connectivity index (χ2n) is 8.76. The predicted octanol–water partition coefficient (Wildman–Crippen LogP) is 3.18. The highest BCUT2D eigenvalue weighted by Gasteiger charge is 2.48. The van der Waals surface area contributed by atoms with Gasteiger partial charge in [-0.05, 0) is 29.8 Å². The lowest BCUT2D eigenvalue weighted by Gasteiger charge is -2.28. The highest BCUT2D eigenvalue weighted by Crippen LogP contribution is 2.52. The van der Waals surface area contributed by atoms with Gasteiger partial charge in [0.05, 0.1) is 18.0 Å². The second-order valence-corrected chi connectivity index (χ2v) is 8.76. The average molecular weight is 472 g/mol. The lowest BCUT2D eigenvalue weighted by molar-refractivity contribution is -0.138. The molecule has 2 atom stereocenters. The van der Waals surface area contributed by atoms with Gasteiger partial charge in [-0.1, -0.05) is 24.3 Å². The first-order valence-corrected chi connectivity index (χ1v) is 11.2. The number of aliphatic carboxylic acids is 1. The predicted molar refractivity (Wildman–Crippen MR) is 128 cm³/mol. The van der Waals surface area contributed by atoms with Crippen molar-refractivity contribution in [2.45, 2.75) is 24.9 Å². The lowest BCUT2D eigenvalue weighted by Crippen LogP contribution is -2.42. The van der Waals surface area contributed by atoms with Crippen molar-refractivity contribution >= 4 is 28.4 Å². The molecular formula is C26H21FN4O4. The number of carboxylic acid groups (broad SMARTS) is 1. The fourth-order valence-corrected chi connectivity index (χ4v) is 5.40. The van der Waals surface area contributed by atoms with Crippen molar-refractivity contribution in [1.29, 1.82) is 0 Å². The third-order valence-corrected chi connectivity index (χ3v) is 6.82. The number of halogens is 1. The van der Waals surface area contributed by atoms with Crippen LogP contribution < -0.4 is 20.9 Å². The maximum atomic E-state index is 15.2. The van der Waals surface area contributed by atoms with Crippen LogP contribution in [-0.2, 0) is 17.8 Å². The molecule has 0 spiro atoms. The molecule has 0 saturated heterocycles. The summed E-state index contributed by atoms with van der Waals surface area (Å²) in [7, 11) is 0. The molecule has 4 aromatic rings. The zero-order valence-corrected chi connectivity index (χ0v) is 18.5. The molecule has 35 heavy (non-hydrogen) atoms. The van der Waals surface area contributed by atoms with Crippen LogP contribution in [-0.4, -0.2) is 33.7 Å². The summed E-state index contributed by atoms with van der Waals surface area (Å²) in [4.78, 5) is 34.2. The van der Waals surface area contributed by atoms with E-state index in [2.05, 4.69) is 9.97 Å². The SMILES string of the molecule is Nc1cc(CN2c3cc(F)c4c(c3C(c3ccc[nH]c3=O)C2C(=O)O)OCC4)c2ccccc2n1. The van der Waals surface area contributed by atoms with Crippen molar-refractivity contribution < 1.29 is 19.0 Å². The molecule has 2 aromatic carbocycles. The Kier molecular flexibility index (Phi) is 4.73. The summed E-state index contributed by atoms with van der Waals surface area (Å²) in [5.74, 6) is -1.81. The van der Waals surface area contributed by atoms with E-state index in [1.807, 2.05) is 24.3 Å². The number of pyridine rings is 2. The van der Waals surface area contributed by atoms with Crippen LogP contribution in [0.3, 0.4) is 0 Å². The number of anilines is 2. The smallest absolute Gasteiger partial charge is 0.327 e. The molecule has 0 bridgehead atoms. The van der Waals surface area contributed by atoms with Gasteiger partial charge in [-0.3, -0.25) is 4.79 Å². The fraction of sp³-hybridized carbons (Fsp3) is 0.192. The topological polar surface area (TPSA) is 122 Å². The number of carboxylic acids is 1. The van der Waals surface area contributed by atoms with E-state index in [0.717, 1.165) is 10.9 Å². The third-order valence-electron chi connectivity index (χ3n) is 6.82. The van der Waals surface area contributed by atoms with Crippen LogP contribution in [0.4, 0.5) is 15.9 Å². The number of ether oxygens (including phenoxy) is 1. The van der Waals surface area contributed by atoms with Crippen molar-refractivity contribution in [1.82, 2.24) is 9.97 Å². The zero-order chi connectivity index (χ0) is 24.3. The van der Waals surface area contributed by atoms with Crippen LogP contribution in [0.25, 0.3) is 10.9 Å². The van der Waals surface area contributed by atoms with Crippen LogP contribution in [0.2, 0.25) is 0 Å². The Balaban J connectivity index is 1.60. The monoisotopic (exact) mass is 472 g/mol. The Morgan fingerprint density at radius 2 is 2.09 bits per heavy atom. The van der Waals surface area contributed by atoms with Gasteiger partial charge in [-0.15, -0.1) is 0 Å². The van der Waals surface area contributed by atoms with Crippen LogP contribution in [0.1, 0.15) is 28.2 Å². The number of nitrogen functional groups attached to an aromatic ring is 1. The molecule has 2 aliphatic heterocycles. The molecular weight excluding hydrogens is 451 g/mol.